The summed E-state index contributed by atoms with van der Waals surface area (Å²) in [5, 5.41) is 1.74. The molecule has 3 nitrogen and oxygen atoms in total. The van der Waals surface area contributed by atoms with Gasteiger partial charge >= 0.3 is 7.12 Å². The van der Waals surface area contributed by atoms with E-state index < -0.39 is 0 Å². The molecule has 0 spiro atoms. The predicted molar refractivity (Wildman–Crippen MR) is 83.6 cm³/mol. The van der Waals surface area contributed by atoms with Gasteiger partial charge < -0.3 is 13.9 Å². The summed E-state index contributed by atoms with van der Waals surface area (Å²) in [7, 11) is 1.62. The smallest absolute Gasteiger partial charge is 0.399 e. The van der Waals surface area contributed by atoms with E-state index in [0.29, 0.717) is 0 Å². The van der Waals surface area contributed by atoms with E-state index in [0.717, 1.165) is 21.4 Å². The van der Waals surface area contributed by atoms with Gasteiger partial charge in [-0.3, -0.25) is 0 Å². The van der Waals surface area contributed by atoms with Crippen LogP contribution in [0.4, 0.5) is 0 Å². The highest BCUT2D eigenvalue weighted by molar-refractivity contribution is 6.66. The number of aryl methyl sites for hydroxylation is 1. The van der Waals surface area contributed by atoms with E-state index in [1.54, 1.807) is 0 Å². The van der Waals surface area contributed by atoms with Crippen molar-refractivity contribution in [2.24, 2.45) is 7.05 Å². The summed E-state index contributed by atoms with van der Waals surface area (Å²) in [5.41, 5.74) is 1.39. The molecular formula is C15H19BClNO2. The van der Waals surface area contributed by atoms with Gasteiger partial charge in [-0.05, 0) is 39.8 Å². The highest BCUT2D eigenvalue weighted by Crippen LogP contribution is 2.37. The summed E-state index contributed by atoms with van der Waals surface area (Å²) in [6, 6.07) is 5.91. The fourth-order valence-corrected chi connectivity index (χ4v) is 2.86. The van der Waals surface area contributed by atoms with Crippen LogP contribution in [0, 0.1) is 0 Å². The van der Waals surface area contributed by atoms with Gasteiger partial charge in [0, 0.05) is 34.6 Å². The van der Waals surface area contributed by atoms with Crippen LogP contribution in [-0.2, 0) is 16.4 Å². The third kappa shape index (κ3) is 1.90. The normalized spacial score (nSPS) is 20.8. The Bertz CT molecular complexity index is 662. The van der Waals surface area contributed by atoms with Crippen molar-refractivity contribution in [2.45, 2.75) is 38.9 Å². The molecule has 0 radical (unpaired) electrons. The lowest BCUT2D eigenvalue weighted by Crippen LogP contribution is -2.41. The molecule has 0 saturated carbocycles. The first-order valence-corrected chi connectivity index (χ1v) is 7.20. The van der Waals surface area contributed by atoms with Crippen molar-refractivity contribution in [2.75, 3.05) is 0 Å². The van der Waals surface area contributed by atoms with Gasteiger partial charge in [0.15, 0.2) is 0 Å². The third-order valence-corrected chi connectivity index (χ3v) is 4.82. The Labute approximate surface area is 125 Å². The molecule has 0 unspecified atom stereocenters. The SMILES string of the molecule is Cn1cc(B2OC(C)(C)C(C)(C)O2)c2c(Cl)cccc21. The summed E-state index contributed by atoms with van der Waals surface area (Å²) in [6.07, 6.45) is 2.04. The van der Waals surface area contributed by atoms with E-state index in [4.69, 9.17) is 20.9 Å². The number of rotatable bonds is 1. The summed E-state index contributed by atoms with van der Waals surface area (Å²) >= 11 is 6.37. The summed E-state index contributed by atoms with van der Waals surface area (Å²) in [5.74, 6) is 0. The molecule has 1 aromatic carbocycles. The zero-order chi connectivity index (χ0) is 14.7. The lowest BCUT2D eigenvalue weighted by atomic mass is 9.79. The van der Waals surface area contributed by atoms with Crippen LogP contribution in [0.2, 0.25) is 5.02 Å². The van der Waals surface area contributed by atoms with E-state index >= 15 is 0 Å². The molecule has 106 valence electrons. The molecule has 1 aliphatic heterocycles. The van der Waals surface area contributed by atoms with Crippen molar-refractivity contribution < 1.29 is 9.31 Å². The molecule has 2 heterocycles. The van der Waals surface area contributed by atoms with Crippen LogP contribution in [0.3, 0.4) is 0 Å². The van der Waals surface area contributed by atoms with Gasteiger partial charge in [0.25, 0.3) is 0 Å². The molecule has 1 saturated heterocycles. The van der Waals surface area contributed by atoms with Crippen LogP contribution in [0.25, 0.3) is 10.9 Å². The zero-order valence-corrected chi connectivity index (χ0v) is 13.3. The second kappa shape index (κ2) is 4.26. The van der Waals surface area contributed by atoms with Crippen LogP contribution in [-0.4, -0.2) is 22.9 Å². The van der Waals surface area contributed by atoms with Crippen LogP contribution in [0.5, 0.6) is 0 Å². The molecule has 0 amide bonds. The summed E-state index contributed by atoms with van der Waals surface area (Å²) in [6.45, 7) is 8.22. The monoisotopic (exact) mass is 291 g/mol. The fraction of sp³-hybridized carbons (Fsp3) is 0.467. The number of hydrogen-bond acceptors (Lipinski definition) is 2. The standard InChI is InChI=1S/C15H19BClNO2/c1-14(2)15(3,4)20-16(19-14)10-9-18(5)12-8-6-7-11(17)13(10)12/h6-9H,1-5H3. The van der Waals surface area contributed by atoms with Gasteiger partial charge in [0.1, 0.15) is 0 Å². The van der Waals surface area contributed by atoms with E-state index in [1.165, 1.54) is 0 Å². The number of halogens is 1. The zero-order valence-electron chi connectivity index (χ0n) is 12.5. The fourth-order valence-electron chi connectivity index (χ4n) is 2.58. The highest BCUT2D eigenvalue weighted by Gasteiger charge is 2.52. The molecule has 0 aliphatic carbocycles. The van der Waals surface area contributed by atoms with Crippen molar-refractivity contribution in [1.82, 2.24) is 4.57 Å². The summed E-state index contributed by atoms with van der Waals surface area (Å²) < 4.78 is 14.3. The molecule has 0 N–H and O–H groups in total. The lowest BCUT2D eigenvalue weighted by molar-refractivity contribution is 0.00578. The van der Waals surface area contributed by atoms with Crippen molar-refractivity contribution in [3.05, 3.63) is 29.4 Å². The largest absolute Gasteiger partial charge is 0.497 e. The quantitative estimate of drug-likeness (QED) is 0.754. The average molecular weight is 292 g/mol. The number of hydrogen-bond donors (Lipinski definition) is 0. The maximum Gasteiger partial charge on any atom is 0.497 e. The number of nitrogens with zero attached hydrogens (tertiary/aromatic N) is 1. The van der Waals surface area contributed by atoms with Crippen molar-refractivity contribution in [1.29, 1.82) is 0 Å². The maximum atomic E-state index is 6.37. The number of fused-ring (bicyclic) bond motifs is 1. The minimum absolute atomic E-state index is 0.346. The van der Waals surface area contributed by atoms with Gasteiger partial charge in [-0.2, -0.15) is 0 Å². The average Bonchev–Trinajstić information content (AvgIpc) is 2.76. The highest BCUT2D eigenvalue weighted by atomic mass is 35.5. The van der Waals surface area contributed by atoms with Crippen LogP contribution >= 0.6 is 11.6 Å². The van der Waals surface area contributed by atoms with Crippen LogP contribution in [0.1, 0.15) is 27.7 Å². The molecule has 20 heavy (non-hydrogen) atoms. The maximum absolute atomic E-state index is 6.37. The van der Waals surface area contributed by atoms with Gasteiger partial charge in [0.2, 0.25) is 0 Å². The molecule has 0 atom stereocenters. The second-order valence-electron chi connectivity index (χ2n) is 6.42. The van der Waals surface area contributed by atoms with Gasteiger partial charge in [-0.15, -0.1) is 0 Å². The molecule has 1 aliphatic rings. The molecule has 2 aromatic rings. The number of aromatic nitrogens is 1. The van der Waals surface area contributed by atoms with Gasteiger partial charge in [0.05, 0.1) is 11.2 Å². The van der Waals surface area contributed by atoms with Crippen molar-refractivity contribution in [3.63, 3.8) is 0 Å². The molecule has 5 heteroatoms. The Morgan fingerprint density at radius 3 is 2.30 bits per heavy atom. The van der Waals surface area contributed by atoms with E-state index in [1.807, 2.05) is 25.4 Å². The minimum atomic E-state index is -0.386. The molecular weight excluding hydrogens is 272 g/mol. The Kier molecular flexibility index (Phi) is 2.98. The van der Waals surface area contributed by atoms with Crippen LogP contribution in [0.15, 0.2) is 24.4 Å². The number of benzene rings is 1. The van der Waals surface area contributed by atoms with Gasteiger partial charge in [-0.25, -0.2) is 0 Å². The predicted octanol–water partition coefficient (Wildman–Crippen LogP) is 3.13. The van der Waals surface area contributed by atoms with Crippen LogP contribution < -0.4 is 5.46 Å². The third-order valence-electron chi connectivity index (χ3n) is 4.50. The van der Waals surface area contributed by atoms with E-state index in [9.17, 15) is 0 Å². The van der Waals surface area contributed by atoms with Crippen molar-refractivity contribution >= 4 is 35.1 Å². The second-order valence-corrected chi connectivity index (χ2v) is 6.82. The molecule has 0 bridgehead atoms. The Morgan fingerprint density at radius 1 is 1.10 bits per heavy atom. The van der Waals surface area contributed by atoms with Gasteiger partial charge in [-0.1, -0.05) is 17.7 Å². The van der Waals surface area contributed by atoms with E-state index in [-0.39, 0.29) is 18.3 Å². The molecule has 1 fully saturated rings. The van der Waals surface area contributed by atoms with Crippen molar-refractivity contribution in [3.8, 4) is 0 Å². The topological polar surface area (TPSA) is 23.4 Å². The Morgan fingerprint density at radius 2 is 1.70 bits per heavy atom. The minimum Gasteiger partial charge on any atom is -0.399 e. The first-order chi connectivity index (χ1) is 9.23. The summed E-state index contributed by atoms with van der Waals surface area (Å²) in [4.78, 5) is 0. The molecule has 1 aromatic heterocycles. The molecule has 3 rings (SSSR count). The van der Waals surface area contributed by atoms with E-state index in [2.05, 4.69) is 38.3 Å². The Balaban J connectivity index is 2.13. The Hall–Kier alpha value is -0.965. The first kappa shape index (κ1) is 14.0. The lowest BCUT2D eigenvalue weighted by Gasteiger charge is -2.32. The first-order valence-electron chi connectivity index (χ1n) is 6.82.